The molecule has 2 aromatic rings. The number of benzene rings is 1. The Bertz CT molecular complexity index is 613. The first-order valence-corrected chi connectivity index (χ1v) is 6.67. The van der Waals surface area contributed by atoms with Crippen molar-refractivity contribution in [2.45, 2.75) is 26.3 Å². The summed E-state index contributed by atoms with van der Waals surface area (Å²) in [6.45, 7) is 4.11. The predicted molar refractivity (Wildman–Crippen MR) is 80.5 cm³/mol. The fraction of sp³-hybridized carbons (Fsp3) is 0.333. The molecule has 0 aliphatic carbocycles. The molecule has 1 unspecified atom stereocenters. The van der Waals surface area contributed by atoms with E-state index >= 15 is 0 Å². The van der Waals surface area contributed by atoms with E-state index in [9.17, 15) is 4.79 Å². The highest BCUT2D eigenvalue weighted by atomic mass is 16.5. The molecule has 2 rings (SSSR count). The van der Waals surface area contributed by atoms with Gasteiger partial charge in [-0.1, -0.05) is 18.2 Å². The number of hydrogen-bond acceptors (Lipinski definition) is 5. The van der Waals surface area contributed by atoms with E-state index in [4.69, 9.17) is 10.5 Å². The maximum atomic E-state index is 11.5. The van der Waals surface area contributed by atoms with Gasteiger partial charge in [0.05, 0.1) is 36.1 Å². The SMILES string of the molecule is CCOC(=O)CC(C)Nc1c(N)cnc2ccccc12. The van der Waals surface area contributed by atoms with Crippen molar-refractivity contribution in [1.29, 1.82) is 0 Å². The minimum atomic E-state index is -0.218. The quantitative estimate of drug-likeness (QED) is 0.819. The molecule has 1 heterocycles. The van der Waals surface area contributed by atoms with Gasteiger partial charge in [-0.15, -0.1) is 0 Å². The first kappa shape index (κ1) is 14.1. The van der Waals surface area contributed by atoms with Gasteiger partial charge in [0, 0.05) is 11.4 Å². The van der Waals surface area contributed by atoms with Crippen LogP contribution in [0.4, 0.5) is 11.4 Å². The van der Waals surface area contributed by atoms with Gasteiger partial charge in [0.2, 0.25) is 0 Å². The molecule has 20 heavy (non-hydrogen) atoms. The van der Waals surface area contributed by atoms with E-state index in [1.807, 2.05) is 31.2 Å². The minimum Gasteiger partial charge on any atom is -0.466 e. The number of anilines is 2. The van der Waals surface area contributed by atoms with Gasteiger partial charge in [-0.2, -0.15) is 0 Å². The van der Waals surface area contributed by atoms with E-state index < -0.39 is 0 Å². The fourth-order valence-corrected chi connectivity index (χ4v) is 2.09. The Kier molecular flexibility index (Phi) is 4.40. The zero-order chi connectivity index (χ0) is 14.5. The zero-order valence-corrected chi connectivity index (χ0v) is 11.7. The lowest BCUT2D eigenvalue weighted by Gasteiger charge is -2.17. The number of aromatic nitrogens is 1. The number of carbonyl (C=O) groups excluding carboxylic acids is 1. The van der Waals surface area contributed by atoms with Crippen LogP contribution in [-0.2, 0) is 9.53 Å². The Hall–Kier alpha value is -2.30. The van der Waals surface area contributed by atoms with E-state index in [1.54, 1.807) is 13.1 Å². The van der Waals surface area contributed by atoms with Crippen LogP contribution in [0.5, 0.6) is 0 Å². The summed E-state index contributed by atoms with van der Waals surface area (Å²) in [5.41, 5.74) is 8.23. The van der Waals surface area contributed by atoms with Crippen molar-refractivity contribution >= 4 is 28.2 Å². The monoisotopic (exact) mass is 273 g/mol. The topological polar surface area (TPSA) is 77.2 Å². The number of nitrogens with two attached hydrogens (primary N) is 1. The molecule has 0 radical (unpaired) electrons. The summed E-state index contributed by atoms with van der Waals surface area (Å²) >= 11 is 0. The molecule has 5 nitrogen and oxygen atoms in total. The predicted octanol–water partition coefficient (Wildman–Crippen LogP) is 2.57. The summed E-state index contributed by atoms with van der Waals surface area (Å²) < 4.78 is 4.95. The highest BCUT2D eigenvalue weighted by Gasteiger charge is 2.13. The third kappa shape index (κ3) is 3.17. The largest absolute Gasteiger partial charge is 0.466 e. The molecule has 0 bridgehead atoms. The molecule has 1 atom stereocenters. The van der Waals surface area contributed by atoms with Crippen molar-refractivity contribution in [1.82, 2.24) is 4.98 Å². The molecule has 0 saturated heterocycles. The number of ether oxygens (including phenoxy) is 1. The van der Waals surface area contributed by atoms with Crippen molar-refractivity contribution in [3.8, 4) is 0 Å². The number of nitrogen functional groups attached to an aromatic ring is 1. The lowest BCUT2D eigenvalue weighted by atomic mass is 10.1. The van der Waals surface area contributed by atoms with Gasteiger partial charge in [0.25, 0.3) is 0 Å². The second-order valence-corrected chi connectivity index (χ2v) is 4.66. The minimum absolute atomic E-state index is 0.0674. The summed E-state index contributed by atoms with van der Waals surface area (Å²) in [5, 5.41) is 4.22. The highest BCUT2D eigenvalue weighted by molar-refractivity contribution is 5.97. The number of nitrogens with one attached hydrogen (secondary N) is 1. The molecule has 0 spiro atoms. The average Bonchev–Trinajstić information content (AvgIpc) is 2.42. The smallest absolute Gasteiger partial charge is 0.307 e. The van der Waals surface area contributed by atoms with E-state index in [2.05, 4.69) is 10.3 Å². The molecule has 0 amide bonds. The summed E-state index contributed by atoms with van der Waals surface area (Å²) in [5.74, 6) is -0.218. The maximum absolute atomic E-state index is 11.5. The van der Waals surface area contributed by atoms with Crippen molar-refractivity contribution in [3.05, 3.63) is 30.5 Å². The third-order valence-electron chi connectivity index (χ3n) is 2.97. The summed E-state index contributed by atoms with van der Waals surface area (Å²) in [7, 11) is 0. The van der Waals surface area contributed by atoms with Gasteiger partial charge in [0.15, 0.2) is 0 Å². The number of hydrogen-bond donors (Lipinski definition) is 2. The first-order chi connectivity index (χ1) is 9.61. The van der Waals surface area contributed by atoms with Gasteiger partial charge in [-0.3, -0.25) is 9.78 Å². The number of nitrogens with zero attached hydrogens (tertiary/aromatic N) is 1. The summed E-state index contributed by atoms with van der Waals surface area (Å²) in [4.78, 5) is 15.8. The van der Waals surface area contributed by atoms with Crippen molar-refractivity contribution < 1.29 is 9.53 Å². The molecular weight excluding hydrogens is 254 g/mol. The molecule has 3 N–H and O–H groups in total. The van der Waals surface area contributed by atoms with E-state index in [0.717, 1.165) is 16.6 Å². The van der Waals surface area contributed by atoms with Crippen LogP contribution in [0, 0.1) is 0 Å². The van der Waals surface area contributed by atoms with Crippen LogP contribution in [0.15, 0.2) is 30.5 Å². The fourth-order valence-electron chi connectivity index (χ4n) is 2.09. The highest BCUT2D eigenvalue weighted by Crippen LogP contribution is 2.28. The van der Waals surface area contributed by atoms with Crippen molar-refractivity contribution in [2.24, 2.45) is 0 Å². The van der Waals surface area contributed by atoms with Gasteiger partial charge in [-0.25, -0.2) is 0 Å². The lowest BCUT2D eigenvalue weighted by molar-refractivity contribution is -0.143. The van der Waals surface area contributed by atoms with E-state index in [-0.39, 0.29) is 12.0 Å². The Morgan fingerprint density at radius 3 is 2.95 bits per heavy atom. The number of rotatable bonds is 5. The summed E-state index contributed by atoms with van der Waals surface area (Å²) in [6.07, 6.45) is 1.92. The van der Waals surface area contributed by atoms with Gasteiger partial charge < -0.3 is 15.8 Å². The second kappa shape index (κ2) is 6.23. The first-order valence-electron chi connectivity index (χ1n) is 6.67. The van der Waals surface area contributed by atoms with Crippen LogP contribution in [-0.4, -0.2) is 23.6 Å². The van der Waals surface area contributed by atoms with Crippen molar-refractivity contribution in [3.63, 3.8) is 0 Å². The molecule has 1 aromatic heterocycles. The Morgan fingerprint density at radius 2 is 2.20 bits per heavy atom. The summed E-state index contributed by atoms with van der Waals surface area (Å²) in [6, 6.07) is 7.68. The maximum Gasteiger partial charge on any atom is 0.307 e. The molecule has 0 aliphatic heterocycles. The lowest BCUT2D eigenvalue weighted by Crippen LogP contribution is -2.21. The van der Waals surface area contributed by atoms with Gasteiger partial charge in [-0.05, 0) is 19.9 Å². The molecule has 0 saturated carbocycles. The normalized spacial score (nSPS) is 12.1. The Balaban J connectivity index is 2.20. The standard InChI is InChI=1S/C15H19N3O2/c1-3-20-14(19)8-10(2)18-15-11-6-4-5-7-13(11)17-9-12(15)16/h4-7,9-10H,3,8,16H2,1-2H3,(H,17,18). The van der Waals surface area contributed by atoms with Crippen LogP contribution in [0.25, 0.3) is 10.9 Å². The van der Waals surface area contributed by atoms with Crippen LogP contribution < -0.4 is 11.1 Å². The van der Waals surface area contributed by atoms with Crippen LogP contribution in [0.1, 0.15) is 20.3 Å². The average molecular weight is 273 g/mol. The molecule has 0 fully saturated rings. The van der Waals surface area contributed by atoms with Crippen LogP contribution in [0.2, 0.25) is 0 Å². The number of fused-ring (bicyclic) bond motifs is 1. The number of esters is 1. The van der Waals surface area contributed by atoms with Crippen LogP contribution >= 0.6 is 0 Å². The molecule has 5 heteroatoms. The number of pyridine rings is 1. The zero-order valence-electron chi connectivity index (χ0n) is 11.7. The Morgan fingerprint density at radius 1 is 1.45 bits per heavy atom. The molecular formula is C15H19N3O2. The number of carbonyl (C=O) groups is 1. The number of para-hydroxylation sites is 1. The Labute approximate surface area is 118 Å². The van der Waals surface area contributed by atoms with E-state index in [1.165, 1.54) is 0 Å². The molecule has 0 aliphatic rings. The van der Waals surface area contributed by atoms with Crippen LogP contribution in [0.3, 0.4) is 0 Å². The third-order valence-corrected chi connectivity index (χ3v) is 2.97. The van der Waals surface area contributed by atoms with E-state index in [0.29, 0.717) is 18.7 Å². The van der Waals surface area contributed by atoms with Crippen molar-refractivity contribution in [2.75, 3.05) is 17.7 Å². The second-order valence-electron chi connectivity index (χ2n) is 4.66. The molecule has 106 valence electrons. The van der Waals surface area contributed by atoms with Gasteiger partial charge >= 0.3 is 5.97 Å². The molecule has 1 aromatic carbocycles. The van der Waals surface area contributed by atoms with Gasteiger partial charge in [0.1, 0.15) is 0 Å².